The number of carbonyl (C=O) groups excluding carboxylic acids is 1. The van der Waals surface area contributed by atoms with Crippen molar-refractivity contribution in [3.05, 3.63) is 63.8 Å². The molecule has 3 rings (SSSR count). The smallest absolute Gasteiger partial charge is 0.350 e. The van der Waals surface area contributed by atoms with E-state index in [-0.39, 0.29) is 18.1 Å². The van der Waals surface area contributed by atoms with Gasteiger partial charge in [0.05, 0.1) is 16.9 Å². The molecule has 0 spiro atoms. The van der Waals surface area contributed by atoms with Crippen molar-refractivity contribution in [2.45, 2.75) is 13.1 Å². The van der Waals surface area contributed by atoms with Gasteiger partial charge in [0.25, 0.3) is 0 Å². The Morgan fingerprint density at radius 3 is 2.84 bits per heavy atom. The van der Waals surface area contributed by atoms with Crippen LogP contribution in [0.2, 0.25) is 5.02 Å². The number of amides is 1. The van der Waals surface area contributed by atoms with Crippen LogP contribution in [0.4, 0.5) is 4.39 Å². The molecule has 1 amide bonds. The zero-order valence-corrected chi connectivity index (χ0v) is 13.9. The molecule has 0 saturated carbocycles. The fourth-order valence-corrected chi connectivity index (χ4v) is 2.32. The molecule has 0 aliphatic heterocycles. The molecule has 1 aromatic carbocycles. The van der Waals surface area contributed by atoms with Gasteiger partial charge in [-0.1, -0.05) is 17.7 Å². The Morgan fingerprint density at radius 2 is 2.16 bits per heavy atom. The van der Waals surface area contributed by atoms with Gasteiger partial charge in [-0.05, 0) is 17.7 Å². The summed E-state index contributed by atoms with van der Waals surface area (Å²) < 4.78 is 17.2. The minimum atomic E-state index is -0.556. The van der Waals surface area contributed by atoms with Crippen LogP contribution >= 0.6 is 11.6 Å². The van der Waals surface area contributed by atoms with E-state index in [0.29, 0.717) is 11.3 Å². The van der Waals surface area contributed by atoms with E-state index in [4.69, 9.17) is 11.6 Å². The van der Waals surface area contributed by atoms with E-state index in [1.54, 1.807) is 24.0 Å². The van der Waals surface area contributed by atoms with Crippen molar-refractivity contribution in [3.63, 3.8) is 0 Å². The van der Waals surface area contributed by atoms with Crippen LogP contribution in [0.3, 0.4) is 0 Å². The number of halogens is 2. The maximum atomic E-state index is 13.4. The van der Waals surface area contributed by atoms with Gasteiger partial charge in [-0.25, -0.2) is 18.4 Å². The third-order valence-corrected chi connectivity index (χ3v) is 3.78. The lowest BCUT2D eigenvalue weighted by atomic mass is 10.2. The molecule has 130 valence electrons. The molecule has 0 aliphatic carbocycles. The SMILES string of the molecule is Cn1cc(-n2cnn(CC(=O)NCc3ccc(Cl)c(F)c3)c2=O)cn1. The zero-order valence-electron chi connectivity index (χ0n) is 13.2. The molecule has 1 N–H and O–H groups in total. The van der Waals surface area contributed by atoms with Gasteiger partial charge in [0.1, 0.15) is 18.7 Å². The van der Waals surface area contributed by atoms with E-state index in [2.05, 4.69) is 15.5 Å². The van der Waals surface area contributed by atoms with Crippen molar-refractivity contribution in [2.24, 2.45) is 7.05 Å². The lowest BCUT2D eigenvalue weighted by Gasteiger charge is -2.05. The first-order chi connectivity index (χ1) is 11.9. The second-order valence-corrected chi connectivity index (χ2v) is 5.75. The molecule has 0 atom stereocenters. The minimum absolute atomic E-state index is 0.0163. The van der Waals surface area contributed by atoms with Crippen molar-refractivity contribution in [3.8, 4) is 5.69 Å². The highest BCUT2D eigenvalue weighted by molar-refractivity contribution is 6.30. The van der Waals surface area contributed by atoms with Crippen molar-refractivity contribution < 1.29 is 9.18 Å². The fourth-order valence-electron chi connectivity index (χ4n) is 2.20. The van der Waals surface area contributed by atoms with E-state index in [9.17, 15) is 14.0 Å². The van der Waals surface area contributed by atoms with Gasteiger partial charge >= 0.3 is 5.69 Å². The quantitative estimate of drug-likeness (QED) is 0.728. The highest BCUT2D eigenvalue weighted by Gasteiger charge is 2.12. The highest BCUT2D eigenvalue weighted by Crippen LogP contribution is 2.15. The monoisotopic (exact) mass is 364 g/mol. The van der Waals surface area contributed by atoms with Crippen LogP contribution in [-0.4, -0.2) is 30.0 Å². The Bertz CT molecular complexity index is 977. The summed E-state index contributed by atoms with van der Waals surface area (Å²) in [6.45, 7) is -0.132. The largest absolute Gasteiger partial charge is 0.350 e. The summed E-state index contributed by atoms with van der Waals surface area (Å²) in [5.41, 5.74) is 0.653. The molecule has 0 unspecified atom stereocenters. The zero-order chi connectivity index (χ0) is 18.0. The molecular weight excluding hydrogens is 351 g/mol. The van der Waals surface area contributed by atoms with Gasteiger partial charge < -0.3 is 5.32 Å². The van der Waals surface area contributed by atoms with E-state index in [1.165, 1.54) is 29.2 Å². The lowest BCUT2D eigenvalue weighted by molar-refractivity contribution is -0.122. The number of aryl methyl sites for hydroxylation is 1. The summed E-state index contributed by atoms with van der Waals surface area (Å²) in [7, 11) is 1.73. The maximum Gasteiger partial charge on any atom is 0.350 e. The molecule has 2 aromatic heterocycles. The summed E-state index contributed by atoms with van der Waals surface area (Å²) >= 11 is 5.61. The van der Waals surface area contributed by atoms with Gasteiger partial charge in [-0.2, -0.15) is 10.2 Å². The number of hydrogen-bond donors (Lipinski definition) is 1. The van der Waals surface area contributed by atoms with Crippen molar-refractivity contribution in [1.82, 2.24) is 29.4 Å². The second-order valence-electron chi connectivity index (χ2n) is 5.34. The second kappa shape index (κ2) is 6.89. The Kier molecular flexibility index (Phi) is 4.66. The first-order valence-corrected chi connectivity index (χ1v) is 7.66. The van der Waals surface area contributed by atoms with E-state index >= 15 is 0 Å². The molecular formula is C15H14ClFN6O2. The summed E-state index contributed by atoms with van der Waals surface area (Å²) in [5.74, 6) is -0.978. The number of aromatic nitrogens is 5. The van der Waals surface area contributed by atoms with Gasteiger partial charge in [-0.3, -0.25) is 9.48 Å². The normalized spacial score (nSPS) is 10.8. The van der Waals surface area contributed by atoms with Crippen molar-refractivity contribution in [1.29, 1.82) is 0 Å². The standard InChI is InChI=1S/C15H14ClFN6O2/c1-21-7-11(6-19-21)22-9-20-23(15(22)25)8-14(24)18-5-10-2-3-12(16)13(17)4-10/h2-4,6-7,9H,5,8H2,1H3,(H,18,24). The maximum absolute atomic E-state index is 13.4. The average Bonchev–Trinajstić information content (AvgIpc) is 3.15. The molecule has 0 aliphatic rings. The molecule has 10 heteroatoms. The van der Waals surface area contributed by atoms with Crippen LogP contribution in [0, 0.1) is 5.82 Å². The van der Waals surface area contributed by atoms with Crippen LogP contribution in [0.5, 0.6) is 0 Å². The summed E-state index contributed by atoms with van der Waals surface area (Å²) in [6.07, 6.45) is 4.49. The first kappa shape index (κ1) is 16.9. The van der Waals surface area contributed by atoms with E-state index < -0.39 is 17.4 Å². The predicted molar refractivity (Wildman–Crippen MR) is 87.8 cm³/mol. The van der Waals surface area contributed by atoms with Crippen LogP contribution in [-0.2, 0) is 24.9 Å². The summed E-state index contributed by atoms with van der Waals surface area (Å²) in [5, 5.41) is 10.5. The van der Waals surface area contributed by atoms with Crippen LogP contribution in [0.15, 0.2) is 41.7 Å². The number of rotatable bonds is 5. The molecule has 0 bridgehead atoms. The Hall–Kier alpha value is -2.94. The minimum Gasteiger partial charge on any atom is -0.350 e. The van der Waals surface area contributed by atoms with Gasteiger partial charge in [0, 0.05) is 19.8 Å². The molecule has 8 nitrogen and oxygen atoms in total. The number of hydrogen-bond acceptors (Lipinski definition) is 4. The fraction of sp³-hybridized carbons (Fsp3) is 0.200. The molecule has 0 saturated heterocycles. The number of nitrogens with zero attached hydrogens (tertiary/aromatic N) is 5. The molecule has 0 fully saturated rings. The predicted octanol–water partition coefficient (Wildman–Crippen LogP) is 0.876. The van der Waals surface area contributed by atoms with E-state index in [0.717, 1.165) is 4.68 Å². The van der Waals surface area contributed by atoms with Gasteiger partial charge in [0.2, 0.25) is 5.91 Å². The Balaban J connectivity index is 1.64. The highest BCUT2D eigenvalue weighted by atomic mass is 35.5. The number of benzene rings is 1. The van der Waals surface area contributed by atoms with Crippen molar-refractivity contribution >= 4 is 17.5 Å². The van der Waals surface area contributed by atoms with Crippen LogP contribution in [0.1, 0.15) is 5.56 Å². The third-order valence-electron chi connectivity index (χ3n) is 3.47. The molecule has 2 heterocycles. The third kappa shape index (κ3) is 3.77. The van der Waals surface area contributed by atoms with Crippen molar-refractivity contribution in [2.75, 3.05) is 0 Å². The van der Waals surface area contributed by atoms with Gasteiger partial charge in [-0.15, -0.1) is 0 Å². The average molecular weight is 365 g/mol. The number of carbonyl (C=O) groups is 1. The number of nitrogens with one attached hydrogen (secondary N) is 1. The molecule has 25 heavy (non-hydrogen) atoms. The first-order valence-electron chi connectivity index (χ1n) is 7.28. The topological polar surface area (TPSA) is 86.7 Å². The van der Waals surface area contributed by atoms with Crippen LogP contribution in [0.25, 0.3) is 5.69 Å². The van der Waals surface area contributed by atoms with Crippen LogP contribution < -0.4 is 11.0 Å². The van der Waals surface area contributed by atoms with E-state index in [1.807, 2.05) is 0 Å². The summed E-state index contributed by atoms with van der Waals surface area (Å²) in [6, 6.07) is 4.26. The molecule has 0 radical (unpaired) electrons. The Labute approximate surface area is 146 Å². The van der Waals surface area contributed by atoms with Gasteiger partial charge in [0.15, 0.2) is 0 Å². The molecule has 3 aromatic rings. The summed E-state index contributed by atoms with van der Waals surface area (Å²) in [4.78, 5) is 24.2. The Morgan fingerprint density at radius 1 is 1.36 bits per heavy atom. The lowest BCUT2D eigenvalue weighted by Crippen LogP contribution is -2.33.